The lowest BCUT2D eigenvalue weighted by molar-refractivity contribution is -0.137. The summed E-state index contributed by atoms with van der Waals surface area (Å²) in [6.07, 6.45) is 3.28. The Morgan fingerprint density at radius 1 is 1.47 bits per heavy atom. The molecule has 0 aromatic rings. The van der Waals surface area contributed by atoms with Crippen molar-refractivity contribution in [2.75, 3.05) is 13.2 Å². The number of carboxylic acid groups (broad SMARTS) is 1. The molecule has 1 aliphatic heterocycles. The van der Waals surface area contributed by atoms with Crippen molar-refractivity contribution < 1.29 is 19.4 Å². The number of nitrogens with two attached hydrogens (primary N) is 1. The fourth-order valence-electron chi connectivity index (χ4n) is 1.72. The van der Waals surface area contributed by atoms with Gasteiger partial charge in [0.05, 0.1) is 12.1 Å². The predicted molar refractivity (Wildman–Crippen MR) is 61.4 cm³/mol. The molecule has 6 nitrogen and oxygen atoms in total. The van der Waals surface area contributed by atoms with Gasteiger partial charge in [-0.3, -0.25) is 9.59 Å². The van der Waals surface area contributed by atoms with Crippen molar-refractivity contribution in [3.8, 4) is 0 Å². The summed E-state index contributed by atoms with van der Waals surface area (Å²) in [5, 5.41) is 11.2. The van der Waals surface area contributed by atoms with Gasteiger partial charge in [-0.2, -0.15) is 0 Å². The molecule has 1 amide bonds. The van der Waals surface area contributed by atoms with Gasteiger partial charge >= 0.3 is 5.97 Å². The molecule has 1 aliphatic rings. The number of rotatable bonds is 6. The van der Waals surface area contributed by atoms with E-state index < -0.39 is 12.0 Å². The lowest BCUT2D eigenvalue weighted by atomic mass is 10.1. The molecule has 0 aromatic heterocycles. The molecule has 0 aromatic carbocycles. The van der Waals surface area contributed by atoms with Gasteiger partial charge in [0.2, 0.25) is 5.91 Å². The third kappa shape index (κ3) is 5.65. The minimum absolute atomic E-state index is 0.0689. The lowest BCUT2D eigenvalue weighted by Gasteiger charge is -2.23. The van der Waals surface area contributed by atoms with Crippen molar-refractivity contribution in [1.82, 2.24) is 5.32 Å². The van der Waals surface area contributed by atoms with Crippen LogP contribution in [-0.2, 0) is 14.3 Å². The Morgan fingerprint density at radius 2 is 2.24 bits per heavy atom. The van der Waals surface area contributed by atoms with Crippen molar-refractivity contribution in [3.63, 3.8) is 0 Å². The van der Waals surface area contributed by atoms with Gasteiger partial charge in [-0.05, 0) is 25.7 Å². The van der Waals surface area contributed by atoms with E-state index in [2.05, 4.69) is 5.32 Å². The second-order valence-corrected chi connectivity index (χ2v) is 4.27. The highest BCUT2D eigenvalue weighted by Crippen LogP contribution is 2.11. The van der Waals surface area contributed by atoms with Crippen LogP contribution in [0.1, 0.15) is 32.1 Å². The van der Waals surface area contributed by atoms with E-state index in [-0.39, 0.29) is 24.9 Å². The number of carbonyl (C=O) groups is 2. The highest BCUT2D eigenvalue weighted by atomic mass is 16.5. The van der Waals surface area contributed by atoms with E-state index in [1.165, 1.54) is 0 Å². The molecular formula is C11H20N2O4. The summed E-state index contributed by atoms with van der Waals surface area (Å²) in [6.45, 7) is 1.20. The van der Waals surface area contributed by atoms with Gasteiger partial charge in [-0.25, -0.2) is 0 Å². The molecule has 0 radical (unpaired) electrons. The molecule has 0 spiro atoms. The summed E-state index contributed by atoms with van der Waals surface area (Å²) < 4.78 is 5.46. The number of aliphatic carboxylic acids is 1. The first kappa shape index (κ1) is 13.9. The topological polar surface area (TPSA) is 102 Å². The van der Waals surface area contributed by atoms with Gasteiger partial charge in [-0.15, -0.1) is 0 Å². The fraction of sp³-hybridized carbons (Fsp3) is 0.818. The van der Waals surface area contributed by atoms with Crippen LogP contribution in [-0.4, -0.2) is 42.3 Å². The Morgan fingerprint density at radius 3 is 2.82 bits per heavy atom. The second-order valence-electron chi connectivity index (χ2n) is 4.27. The Hall–Kier alpha value is -1.14. The fourth-order valence-corrected chi connectivity index (χ4v) is 1.72. The first-order valence-electron chi connectivity index (χ1n) is 5.96. The van der Waals surface area contributed by atoms with E-state index in [1.807, 2.05) is 0 Å². The molecule has 1 heterocycles. The summed E-state index contributed by atoms with van der Waals surface area (Å²) in [7, 11) is 0. The normalized spacial score (nSPS) is 21.8. The summed E-state index contributed by atoms with van der Waals surface area (Å²) in [5.74, 6) is -1.25. The molecule has 0 bridgehead atoms. The standard InChI is InChI=1S/C11H20N2O4/c12-9(4-5-10(14)15)11(16)13-7-8-3-1-2-6-17-8/h8-9H,1-7,12H2,(H,13,16)(H,14,15). The third-order valence-electron chi connectivity index (χ3n) is 2.78. The molecular weight excluding hydrogens is 224 g/mol. The highest BCUT2D eigenvalue weighted by Gasteiger charge is 2.18. The molecule has 98 valence electrons. The third-order valence-corrected chi connectivity index (χ3v) is 2.78. The van der Waals surface area contributed by atoms with Gasteiger partial charge < -0.3 is 20.9 Å². The number of carbonyl (C=O) groups excluding carboxylic acids is 1. The van der Waals surface area contributed by atoms with Crippen LogP contribution in [0.3, 0.4) is 0 Å². The van der Waals surface area contributed by atoms with E-state index in [0.717, 1.165) is 25.9 Å². The van der Waals surface area contributed by atoms with Crippen LogP contribution in [0.4, 0.5) is 0 Å². The largest absolute Gasteiger partial charge is 0.481 e. The molecule has 1 saturated heterocycles. The molecule has 2 unspecified atom stereocenters. The maximum atomic E-state index is 11.5. The van der Waals surface area contributed by atoms with Crippen LogP contribution in [0.15, 0.2) is 0 Å². The molecule has 17 heavy (non-hydrogen) atoms. The van der Waals surface area contributed by atoms with Crippen molar-refractivity contribution in [1.29, 1.82) is 0 Å². The maximum absolute atomic E-state index is 11.5. The Kier molecular flexibility index (Phi) is 5.93. The number of amides is 1. The van der Waals surface area contributed by atoms with Crippen LogP contribution in [0.25, 0.3) is 0 Å². The molecule has 0 saturated carbocycles. The minimum Gasteiger partial charge on any atom is -0.481 e. The van der Waals surface area contributed by atoms with E-state index in [4.69, 9.17) is 15.6 Å². The molecule has 6 heteroatoms. The van der Waals surface area contributed by atoms with Crippen LogP contribution in [0.2, 0.25) is 0 Å². The molecule has 4 N–H and O–H groups in total. The molecule has 1 fully saturated rings. The smallest absolute Gasteiger partial charge is 0.303 e. The Bertz CT molecular complexity index is 264. The van der Waals surface area contributed by atoms with Crippen LogP contribution < -0.4 is 11.1 Å². The number of carboxylic acids is 1. The van der Waals surface area contributed by atoms with E-state index in [9.17, 15) is 9.59 Å². The second kappa shape index (κ2) is 7.24. The van der Waals surface area contributed by atoms with E-state index >= 15 is 0 Å². The molecule has 1 rings (SSSR count). The van der Waals surface area contributed by atoms with Crippen molar-refractivity contribution in [3.05, 3.63) is 0 Å². The van der Waals surface area contributed by atoms with E-state index in [1.54, 1.807) is 0 Å². The Labute approximate surface area is 101 Å². The predicted octanol–water partition coefficient (Wildman–Crippen LogP) is -0.136. The number of hydrogen-bond acceptors (Lipinski definition) is 4. The SMILES string of the molecule is NC(CCC(=O)O)C(=O)NCC1CCCCO1. The summed E-state index contributed by atoms with van der Waals surface area (Å²) in [6, 6.07) is -0.755. The van der Waals surface area contributed by atoms with Crippen molar-refractivity contribution in [2.24, 2.45) is 5.73 Å². The molecule has 0 aliphatic carbocycles. The van der Waals surface area contributed by atoms with Gasteiger partial charge in [-0.1, -0.05) is 0 Å². The minimum atomic E-state index is -0.941. The average Bonchev–Trinajstić information content (AvgIpc) is 2.34. The average molecular weight is 244 g/mol. The first-order valence-corrected chi connectivity index (χ1v) is 5.96. The van der Waals surface area contributed by atoms with Crippen molar-refractivity contribution >= 4 is 11.9 Å². The first-order chi connectivity index (χ1) is 8.09. The van der Waals surface area contributed by atoms with Crippen LogP contribution in [0.5, 0.6) is 0 Å². The highest BCUT2D eigenvalue weighted by molar-refractivity contribution is 5.82. The monoisotopic (exact) mass is 244 g/mol. The van der Waals surface area contributed by atoms with Gasteiger partial charge in [0, 0.05) is 19.6 Å². The lowest BCUT2D eigenvalue weighted by Crippen LogP contribution is -2.44. The van der Waals surface area contributed by atoms with Crippen LogP contribution in [0, 0.1) is 0 Å². The number of ether oxygens (including phenoxy) is 1. The van der Waals surface area contributed by atoms with Crippen molar-refractivity contribution in [2.45, 2.75) is 44.2 Å². The van der Waals surface area contributed by atoms with E-state index in [0.29, 0.717) is 6.54 Å². The van der Waals surface area contributed by atoms with Gasteiger partial charge in [0.15, 0.2) is 0 Å². The van der Waals surface area contributed by atoms with Gasteiger partial charge in [0.1, 0.15) is 0 Å². The summed E-state index contributed by atoms with van der Waals surface area (Å²) in [4.78, 5) is 21.8. The Balaban J connectivity index is 2.16. The summed E-state index contributed by atoms with van der Waals surface area (Å²) >= 11 is 0. The molecule has 2 atom stereocenters. The zero-order chi connectivity index (χ0) is 12.7. The zero-order valence-corrected chi connectivity index (χ0v) is 9.85. The van der Waals surface area contributed by atoms with Crippen LogP contribution >= 0.6 is 0 Å². The number of hydrogen-bond donors (Lipinski definition) is 3. The quantitative estimate of drug-likeness (QED) is 0.604. The zero-order valence-electron chi connectivity index (χ0n) is 9.85. The summed E-state index contributed by atoms with van der Waals surface area (Å²) in [5.41, 5.74) is 5.56. The number of nitrogens with one attached hydrogen (secondary N) is 1. The van der Waals surface area contributed by atoms with Gasteiger partial charge in [0.25, 0.3) is 0 Å². The maximum Gasteiger partial charge on any atom is 0.303 e.